The summed E-state index contributed by atoms with van der Waals surface area (Å²) in [5.74, 6) is 0. The SMILES string of the molecule is CN(C(=O)OC(C)(C)C)C(CO)Cc1c(C(F)(F)F)csc1Br. The lowest BCUT2D eigenvalue weighted by atomic mass is 10.0. The number of aliphatic hydroxyl groups excluding tert-OH is 1. The van der Waals surface area contributed by atoms with Crippen LogP contribution in [0.5, 0.6) is 0 Å². The third-order valence-electron chi connectivity index (χ3n) is 3.03. The number of aliphatic hydroxyl groups is 1. The first kappa shape index (κ1) is 20.2. The van der Waals surface area contributed by atoms with Crippen LogP contribution in [0.2, 0.25) is 0 Å². The van der Waals surface area contributed by atoms with Gasteiger partial charge in [0.1, 0.15) is 5.60 Å². The van der Waals surface area contributed by atoms with Gasteiger partial charge in [-0.1, -0.05) is 0 Å². The lowest BCUT2D eigenvalue weighted by Crippen LogP contribution is -2.43. The number of alkyl halides is 3. The molecule has 9 heteroatoms. The Morgan fingerprint density at radius 3 is 2.43 bits per heavy atom. The topological polar surface area (TPSA) is 49.8 Å². The molecule has 132 valence electrons. The fourth-order valence-electron chi connectivity index (χ4n) is 1.83. The monoisotopic (exact) mass is 417 g/mol. The van der Waals surface area contributed by atoms with Gasteiger partial charge in [0.05, 0.1) is 22.0 Å². The van der Waals surface area contributed by atoms with E-state index in [9.17, 15) is 23.1 Å². The van der Waals surface area contributed by atoms with Crippen molar-refractivity contribution in [1.82, 2.24) is 4.90 Å². The molecule has 0 aromatic carbocycles. The first-order chi connectivity index (χ1) is 10.4. The Balaban J connectivity index is 2.97. The maximum absolute atomic E-state index is 13.0. The van der Waals surface area contributed by atoms with Gasteiger partial charge in [0.25, 0.3) is 0 Å². The summed E-state index contributed by atoms with van der Waals surface area (Å²) in [6.07, 6.45) is -5.32. The van der Waals surface area contributed by atoms with E-state index in [1.54, 1.807) is 20.8 Å². The molecule has 1 amide bonds. The number of nitrogens with zero attached hydrogens (tertiary/aromatic N) is 1. The molecule has 0 aliphatic rings. The maximum Gasteiger partial charge on any atom is 0.417 e. The summed E-state index contributed by atoms with van der Waals surface area (Å²) < 4.78 is 44.6. The van der Waals surface area contributed by atoms with Crippen molar-refractivity contribution in [1.29, 1.82) is 0 Å². The largest absolute Gasteiger partial charge is 0.444 e. The molecule has 0 spiro atoms. The van der Waals surface area contributed by atoms with E-state index < -0.39 is 36.1 Å². The molecule has 0 radical (unpaired) electrons. The minimum absolute atomic E-state index is 0.0250. The molecule has 1 heterocycles. The number of thiophene rings is 1. The van der Waals surface area contributed by atoms with E-state index in [4.69, 9.17) is 4.74 Å². The van der Waals surface area contributed by atoms with Crippen LogP contribution in [0.4, 0.5) is 18.0 Å². The highest BCUT2D eigenvalue weighted by Gasteiger charge is 2.37. The Labute approximate surface area is 145 Å². The summed E-state index contributed by atoms with van der Waals surface area (Å²) >= 11 is 4.03. The molecule has 0 bridgehead atoms. The van der Waals surface area contributed by atoms with E-state index in [0.717, 1.165) is 21.6 Å². The number of hydrogen-bond donors (Lipinski definition) is 1. The number of rotatable bonds is 4. The van der Waals surface area contributed by atoms with E-state index in [2.05, 4.69) is 15.9 Å². The van der Waals surface area contributed by atoms with Crippen LogP contribution in [-0.4, -0.2) is 41.4 Å². The Hall–Kier alpha value is -0.800. The summed E-state index contributed by atoms with van der Waals surface area (Å²) in [4.78, 5) is 13.1. The number of halogens is 4. The van der Waals surface area contributed by atoms with E-state index in [1.165, 1.54) is 7.05 Å². The molecule has 1 rings (SSSR count). The fraction of sp³-hybridized carbons (Fsp3) is 0.643. The molecule has 0 aliphatic carbocycles. The zero-order valence-electron chi connectivity index (χ0n) is 13.2. The second-order valence-corrected chi connectivity index (χ2v) is 8.23. The number of amides is 1. The van der Waals surface area contributed by atoms with Crippen LogP contribution in [0.15, 0.2) is 9.17 Å². The third kappa shape index (κ3) is 5.65. The highest BCUT2D eigenvalue weighted by Crippen LogP contribution is 2.40. The molecule has 1 atom stereocenters. The Morgan fingerprint density at radius 2 is 2.00 bits per heavy atom. The smallest absolute Gasteiger partial charge is 0.417 e. The average molecular weight is 418 g/mol. The second-order valence-electron chi connectivity index (χ2n) is 6.03. The van der Waals surface area contributed by atoms with Crippen LogP contribution in [0.3, 0.4) is 0 Å². The summed E-state index contributed by atoms with van der Waals surface area (Å²) in [7, 11) is 1.39. The van der Waals surface area contributed by atoms with Crippen LogP contribution in [-0.2, 0) is 17.3 Å². The summed E-state index contributed by atoms with van der Waals surface area (Å²) in [5, 5.41) is 10.5. The second kappa shape index (κ2) is 7.40. The molecule has 0 aliphatic heterocycles. The Kier molecular flexibility index (Phi) is 6.51. The molecule has 1 aromatic rings. The van der Waals surface area contributed by atoms with Crippen LogP contribution >= 0.6 is 27.3 Å². The zero-order valence-corrected chi connectivity index (χ0v) is 15.6. The van der Waals surface area contributed by atoms with E-state index in [0.29, 0.717) is 3.79 Å². The highest BCUT2D eigenvalue weighted by atomic mass is 79.9. The van der Waals surface area contributed by atoms with Crippen LogP contribution in [0, 0.1) is 0 Å². The van der Waals surface area contributed by atoms with Crippen LogP contribution in [0.25, 0.3) is 0 Å². The van der Waals surface area contributed by atoms with Crippen molar-refractivity contribution in [2.45, 2.75) is 45.0 Å². The van der Waals surface area contributed by atoms with Crippen LogP contribution < -0.4 is 0 Å². The normalized spacial score (nSPS) is 13.8. The summed E-state index contributed by atoms with van der Waals surface area (Å²) in [5.41, 5.74) is -1.46. The molecule has 0 saturated heterocycles. The average Bonchev–Trinajstić information content (AvgIpc) is 2.74. The molecular formula is C14H19BrF3NO3S. The fourth-order valence-corrected chi connectivity index (χ4v) is 3.32. The van der Waals surface area contributed by atoms with Gasteiger partial charge in [-0.3, -0.25) is 0 Å². The number of hydrogen-bond acceptors (Lipinski definition) is 4. The van der Waals surface area contributed by atoms with Crippen molar-refractivity contribution in [3.63, 3.8) is 0 Å². The zero-order chi connectivity index (χ0) is 18.0. The Bertz CT molecular complexity index is 554. The number of ether oxygens (including phenoxy) is 1. The highest BCUT2D eigenvalue weighted by molar-refractivity contribution is 9.11. The third-order valence-corrected chi connectivity index (χ3v) is 4.87. The van der Waals surface area contributed by atoms with Crippen molar-refractivity contribution in [2.24, 2.45) is 0 Å². The van der Waals surface area contributed by atoms with E-state index >= 15 is 0 Å². The molecule has 0 saturated carbocycles. The van der Waals surface area contributed by atoms with Gasteiger partial charge in [0.15, 0.2) is 0 Å². The van der Waals surface area contributed by atoms with Gasteiger partial charge < -0.3 is 14.7 Å². The molecule has 0 fully saturated rings. The number of carbonyl (C=O) groups excluding carboxylic acids is 1. The van der Waals surface area contributed by atoms with Gasteiger partial charge >= 0.3 is 12.3 Å². The molecule has 4 nitrogen and oxygen atoms in total. The summed E-state index contributed by atoms with van der Waals surface area (Å²) in [6, 6.07) is -0.822. The van der Waals surface area contributed by atoms with Gasteiger partial charge in [0, 0.05) is 12.4 Å². The number of likely N-dealkylation sites (N-methyl/N-ethyl adjacent to an activating group) is 1. The van der Waals surface area contributed by atoms with Gasteiger partial charge in [0.2, 0.25) is 0 Å². The minimum atomic E-state index is -4.48. The van der Waals surface area contributed by atoms with Gasteiger partial charge in [-0.05, 0) is 48.7 Å². The maximum atomic E-state index is 13.0. The lowest BCUT2D eigenvalue weighted by Gasteiger charge is -2.30. The standard InChI is InChI=1S/C14H19BrF3NO3S/c1-13(2,3)22-12(21)19(4)8(6-20)5-9-10(14(16,17)18)7-23-11(9)15/h7-8,20H,5-6H2,1-4H3. The van der Waals surface area contributed by atoms with Gasteiger partial charge in [-0.15, -0.1) is 11.3 Å². The summed E-state index contributed by atoms with van der Waals surface area (Å²) in [6.45, 7) is 4.58. The van der Waals surface area contributed by atoms with Gasteiger partial charge in [-0.25, -0.2) is 4.79 Å². The first-order valence-electron chi connectivity index (χ1n) is 6.76. The molecule has 1 unspecified atom stereocenters. The van der Waals surface area contributed by atoms with E-state index in [-0.39, 0.29) is 12.0 Å². The quantitative estimate of drug-likeness (QED) is 0.794. The van der Waals surface area contributed by atoms with E-state index in [1.807, 2.05) is 0 Å². The van der Waals surface area contributed by atoms with Crippen molar-refractivity contribution >= 4 is 33.4 Å². The van der Waals surface area contributed by atoms with Crippen molar-refractivity contribution in [2.75, 3.05) is 13.7 Å². The van der Waals surface area contributed by atoms with Crippen molar-refractivity contribution < 1.29 is 27.8 Å². The van der Waals surface area contributed by atoms with Gasteiger partial charge in [-0.2, -0.15) is 13.2 Å². The first-order valence-corrected chi connectivity index (χ1v) is 8.43. The minimum Gasteiger partial charge on any atom is -0.444 e. The predicted octanol–water partition coefficient (Wildman–Crippen LogP) is 4.30. The molecule has 1 N–H and O–H groups in total. The number of carbonyl (C=O) groups is 1. The van der Waals surface area contributed by atoms with Crippen molar-refractivity contribution in [3.05, 3.63) is 20.3 Å². The lowest BCUT2D eigenvalue weighted by molar-refractivity contribution is -0.138. The molecular weight excluding hydrogens is 399 g/mol. The Morgan fingerprint density at radius 1 is 1.43 bits per heavy atom. The van der Waals surface area contributed by atoms with Crippen LogP contribution in [0.1, 0.15) is 31.9 Å². The molecule has 1 aromatic heterocycles. The predicted molar refractivity (Wildman–Crippen MR) is 85.6 cm³/mol. The van der Waals surface area contributed by atoms with Crippen molar-refractivity contribution in [3.8, 4) is 0 Å². The molecule has 23 heavy (non-hydrogen) atoms.